The Bertz CT molecular complexity index is 937. The Kier molecular flexibility index (Phi) is 4.08. The highest BCUT2D eigenvalue weighted by atomic mass is 32.2. The Morgan fingerprint density at radius 3 is 2.58 bits per heavy atom. The first-order valence-corrected chi connectivity index (χ1v) is 10.8. The van der Waals surface area contributed by atoms with E-state index in [4.69, 9.17) is 0 Å². The maximum Gasteiger partial charge on any atom is 0.232 e. The average Bonchev–Trinajstić information content (AvgIpc) is 3.09. The Morgan fingerprint density at radius 2 is 1.88 bits per heavy atom. The van der Waals surface area contributed by atoms with E-state index >= 15 is 0 Å². The van der Waals surface area contributed by atoms with Crippen molar-refractivity contribution in [2.24, 2.45) is 0 Å². The predicted molar refractivity (Wildman–Crippen MR) is 104 cm³/mol. The molecule has 0 amide bonds. The van der Waals surface area contributed by atoms with Gasteiger partial charge in [-0.1, -0.05) is 29.3 Å². The molecular weight excluding hydrogens is 346 g/mol. The summed E-state index contributed by atoms with van der Waals surface area (Å²) in [5.74, 6) is 0. The molecule has 26 heavy (non-hydrogen) atoms. The van der Waals surface area contributed by atoms with Crippen LogP contribution in [-0.4, -0.2) is 44.2 Å². The number of likely N-dealkylation sites (tertiary alicyclic amines) is 1. The van der Waals surface area contributed by atoms with Crippen molar-refractivity contribution >= 4 is 15.7 Å². The van der Waals surface area contributed by atoms with E-state index in [1.807, 2.05) is 12.1 Å². The monoisotopic (exact) mass is 371 g/mol. The first-order valence-electron chi connectivity index (χ1n) is 9.00. The first kappa shape index (κ1) is 17.5. The largest absolute Gasteiger partial charge is 0.298 e. The minimum absolute atomic E-state index is 0.196. The number of hydrogen-bond donors (Lipinski definition) is 0. The predicted octanol–water partition coefficient (Wildman–Crippen LogP) is 2.62. The molecule has 0 aliphatic carbocycles. The molecule has 0 N–H and O–H groups in total. The van der Waals surface area contributed by atoms with Crippen molar-refractivity contribution in [3.05, 3.63) is 58.9 Å². The number of aryl methyl sites for hydroxylation is 2. The fourth-order valence-corrected chi connectivity index (χ4v) is 5.56. The molecular formula is C20H25N3O2S. The van der Waals surface area contributed by atoms with Gasteiger partial charge in [0.15, 0.2) is 0 Å². The molecule has 1 aromatic heterocycles. The van der Waals surface area contributed by atoms with Gasteiger partial charge in [-0.2, -0.15) is 0 Å². The molecule has 4 rings (SSSR count). The molecule has 5 nitrogen and oxygen atoms in total. The second-order valence-electron chi connectivity index (χ2n) is 7.88. The normalized spacial score (nSPS) is 23.0. The Balaban J connectivity index is 1.61. The summed E-state index contributed by atoms with van der Waals surface area (Å²) < 4.78 is 26.1. The molecule has 1 fully saturated rings. The summed E-state index contributed by atoms with van der Waals surface area (Å²) in [5.41, 5.74) is 5.38. The SMILES string of the molecule is Cc1cc(C)cc(CN2CCC3(C2)CN(S(C)(=O)=O)c2cccnc23)c1. The summed E-state index contributed by atoms with van der Waals surface area (Å²) in [6, 6.07) is 10.4. The lowest BCUT2D eigenvalue weighted by Gasteiger charge is -2.25. The molecule has 3 heterocycles. The molecule has 0 saturated carbocycles. The lowest BCUT2D eigenvalue weighted by molar-refractivity contribution is 0.306. The third-order valence-electron chi connectivity index (χ3n) is 5.52. The summed E-state index contributed by atoms with van der Waals surface area (Å²) in [7, 11) is -3.29. The summed E-state index contributed by atoms with van der Waals surface area (Å²) >= 11 is 0. The summed E-state index contributed by atoms with van der Waals surface area (Å²) in [4.78, 5) is 7.02. The van der Waals surface area contributed by atoms with Crippen molar-refractivity contribution in [3.8, 4) is 0 Å². The van der Waals surface area contributed by atoms with Crippen molar-refractivity contribution in [1.29, 1.82) is 0 Å². The van der Waals surface area contributed by atoms with E-state index < -0.39 is 10.0 Å². The van der Waals surface area contributed by atoms with Crippen molar-refractivity contribution < 1.29 is 8.42 Å². The zero-order chi connectivity index (χ0) is 18.5. The van der Waals surface area contributed by atoms with Gasteiger partial charge in [-0.05, 0) is 44.5 Å². The third kappa shape index (κ3) is 3.01. The van der Waals surface area contributed by atoms with E-state index in [1.165, 1.54) is 27.3 Å². The van der Waals surface area contributed by atoms with Crippen LogP contribution in [0.4, 0.5) is 5.69 Å². The van der Waals surface area contributed by atoms with Crippen LogP contribution in [0, 0.1) is 13.8 Å². The highest BCUT2D eigenvalue weighted by Gasteiger charge is 2.50. The van der Waals surface area contributed by atoms with Gasteiger partial charge in [0.1, 0.15) is 0 Å². The van der Waals surface area contributed by atoms with E-state index in [0.717, 1.165) is 37.4 Å². The standard InChI is InChI=1S/C20H25N3O2S/c1-15-9-16(2)11-17(10-15)12-22-8-6-20(13-22)14-23(26(3,24)25)18-5-4-7-21-19(18)20/h4-5,7,9-11H,6,8,12-14H2,1-3H3. The first-order chi connectivity index (χ1) is 12.3. The second kappa shape index (κ2) is 6.06. The molecule has 0 radical (unpaired) electrons. The van der Waals surface area contributed by atoms with Gasteiger partial charge in [0.05, 0.1) is 17.6 Å². The van der Waals surface area contributed by atoms with Crippen LogP contribution in [0.5, 0.6) is 0 Å². The molecule has 2 aliphatic heterocycles. The smallest absolute Gasteiger partial charge is 0.232 e. The number of anilines is 1. The van der Waals surface area contributed by atoms with Crippen LogP contribution in [0.3, 0.4) is 0 Å². The van der Waals surface area contributed by atoms with Gasteiger partial charge in [0, 0.05) is 31.2 Å². The number of pyridine rings is 1. The number of sulfonamides is 1. The van der Waals surface area contributed by atoms with E-state index in [9.17, 15) is 8.42 Å². The van der Waals surface area contributed by atoms with Crippen LogP contribution >= 0.6 is 0 Å². The van der Waals surface area contributed by atoms with E-state index in [2.05, 4.69) is 41.9 Å². The Morgan fingerprint density at radius 1 is 1.15 bits per heavy atom. The van der Waals surface area contributed by atoms with E-state index in [1.54, 1.807) is 6.20 Å². The topological polar surface area (TPSA) is 53.5 Å². The summed E-state index contributed by atoms with van der Waals surface area (Å²) in [5, 5.41) is 0. The Hall–Kier alpha value is -1.92. The van der Waals surface area contributed by atoms with Gasteiger partial charge in [0.2, 0.25) is 10.0 Å². The number of rotatable bonds is 3. The number of benzene rings is 1. The quantitative estimate of drug-likeness (QED) is 0.832. The lowest BCUT2D eigenvalue weighted by atomic mass is 9.85. The van der Waals surface area contributed by atoms with Crippen LogP contribution in [0.2, 0.25) is 0 Å². The second-order valence-corrected chi connectivity index (χ2v) is 9.78. The van der Waals surface area contributed by atoms with Crippen molar-refractivity contribution in [2.45, 2.75) is 32.2 Å². The average molecular weight is 372 g/mol. The van der Waals surface area contributed by atoms with Crippen molar-refractivity contribution in [3.63, 3.8) is 0 Å². The Labute approximate surface area is 155 Å². The molecule has 2 aromatic rings. The number of hydrogen-bond acceptors (Lipinski definition) is 4. The van der Waals surface area contributed by atoms with Crippen LogP contribution in [0.1, 0.15) is 28.8 Å². The molecule has 138 valence electrons. The molecule has 0 bridgehead atoms. The molecule has 1 atom stereocenters. The van der Waals surface area contributed by atoms with Gasteiger partial charge in [-0.15, -0.1) is 0 Å². The summed E-state index contributed by atoms with van der Waals surface area (Å²) in [6.07, 6.45) is 4.00. The minimum atomic E-state index is -3.29. The zero-order valence-electron chi connectivity index (χ0n) is 15.6. The van der Waals surface area contributed by atoms with Gasteiger partial charge >= 0.3 is 0 Å². The highest BCUT2D eigenvalue weighted by Crippen LogP contribution is 2.46. The number of nitrogens with zero attached hydrogens (tertiary/aromatic N) is 3. The zero-order valence-corrected chi connectivity index (χ0v) is 16.4. The molecule has 2 aliphatic rings. The van der Waals surface area contributed by atoms with Gasteiger partial charge in [0.25, 0.3) is 0 Å². The summed E-state index contributed by atoms with van der Waals surface area (Å²) in [6.45, 7) is 7.45. The molecule has 1 aromatic carbocycles. The fourth-order valence-electron chi connectivity index (χ4n) is 4.57. The van der Waals surface area contributed by atoms with Crippen LogP contribution in [0.15, 0.2) is 36.5 Å². The maximum absolute atomic E-state index is 12.3. The molecule has 1 unspecified atom stereocenters. The van der Waals surface area contributed by atoms with Crippen molar-refractivity contribution in [1.82, 2.24) is 9.88 Å². The molecule has 1 spiro atoms. The number of fused-ring (bicyclic) bond motifs is 2. The maximum atomic E-state index is 12.3. The van der Waals surface area contributed by atoms with E-state index in [-0.39, 0.29) is 5.41 Å². The van der Waals surface area contributed by atoms with Crippen LogP contribution in [-0.2, 0) is 22.0 Å². The third-order valence-corrected chi connectivity index (χ3v) is 6.65. The van der Waals surface area contributed by atoms with Crippen LogP contribution in [0.25, 0.3) is 0 Å². The number of aromatic nitrogens is 1. The highest BCUT2D eigenvalue weighted by molar-refractivity contribution is 7.92. The van der Waals surface area contributed by atoms with Crippen LogP contribution < -0.4 is 4.31 Å². The van der Waals surface area contributed by atoms with E-state index in [0.29, 0.717) is 6.54 Å². The van der Waals surface area contributed by atoms with Gasteiger partial charge in [-0.3, -0.25) is 14.2 Å². The fraction of sp³-hybridized carbons (Fsp3) is 0.450. The molecule has 6 heteroatoms. The van der Waals surface area contributed by atoms with Gasteiger partial charge in [-0.25, -0.2) is 8.42 Å². The molecule has 1 saturated heterocycles. The minimum Gasteiger partial charge on any atom is -0.298 e. The van der Waals surface area contributed by atoms with Crippen molar-refractivity contribution in [2.75, 3.05) is 30.2 Å². The lowest BCUT2D eigenvalue weighted by Crippen LogP contribution is -2.38. The van der Waals surface area contributed by atoms with Gasteiger partial charge < -0.3 is 0 Å².